The Morgan fingerprint density at radius 3 is 1.65 bits per heavy atom. The van der Waals surface area contributed by atoms with E-state index in [1.807, 2.05) is 60.7 Å². The first-order valence-corrected chi connectivity index (χ1v) is 7.22. The van der Waals surface area contributed by atoms with Crippen molar-refractivity contribution in [3.8, 4) is 0 Å². The average Bonchev–Trinajstić information content (AvgIpc) is 3.17. The SMILES string of the molecule is [CH2-]C1[CH-]C2(C)CCC1C2.[Ti+4].c1cc[cH-]c1.c1cc[cH-]c1. The molecule has 0 amide bonds. The largest absolute Gasteiger partial charge is 4.00 e. The molecule has 0 aliphatic heterocycles. The minimum atomic E-state index is 0. The first-order chi connectivity index (χ1) is 9.20. The fourth-order valence-corrected chi connectivity index (χ4v) is 3.13. The predicted octanol–water partition coefficient (Wildman–Crippen LogP) is 5.27. The van der Waals surface area contributed by atoms with Crippen LogP contribution in [-0.4, -0.2) is 0 Å². The molecular weight excluding hydrogens is 276 g/mol. The Bertz CT molecular complexity index is 350. The van der Waals surface area contributed by atoms with Crippen molar-refractivity contribution >= 4 is 0 Å². The molecule has 2 aromatic carbocycles. The number of rotatable bonds is 0. The predicted molar refractivity (Wildman–Crippen MR) is 82.7 cm³/mol. The zero-order valence-corrected chi connectivity index (χ0v) is 13.9. The van der Waals surface area contributed by atoms with E-state index in [0.29, 0.717) is 11.3 Å². The van der Waals surface area contributed by atoms with Crippen LogP contribution in [0.2, 0.25) is 0 Å². The van der Waals surface area contributed by atoms with E-state index in [9.17, 15) is 0 Å². The fourth-order valence-electron chi connectivity index (χ4n) is 3.13. The molecule has 2 bridgehead atoms. The summed E-state index contributed by atoms with van der Waals surface area (Å²) in [6.07, 6.45) is 6.73. The third-order valence-electron chi connectivity index (χ3n) is 4.15. The number of hydrogen-bond donors (Lipinski definition) is 0. The van der Waals surface area contributed by atoms with Crippen molar-refractivity contribution in [2.24, 2.45) is 17.3 Å². The molecule has 0 heterocycles. The van der Waals surface area contributed by atoms with Crippen LogP contribution in [-0.2, 0) is 21.7 Å². The van der Waals surface area contributed by atoms with Crippen molar-refractivity contribution < 1.29 is 21.7 Å². The molecule has 0 spiro atoms. The summed E-state index contributed by atoms with van der Waals surface area (Å²) in [6, 6.07) is 20.0. The summed E-state index contributed by atoms with van der Waals surface area (Å²) in [5.41, 5.74) is 0.594. The van der Waals surface area contributed by atoms with Crippen LogP contribution in [0.1, 0.15) is 26.2 Å². The monoisotopic (exact) mass is 300 g/mol. The third kappa shape index (κ3) is 5.42. The van der Waals surface area contributed by atoms with Gasteiger partial charge in [-0.3, -0.25) is 5.92 Å². The van der Waals surface area contributed by atoms with Crippen molar-refractivity contribution in [2.75, 3.05) is 0 Å². The summed E-state index contributed by atoms with van der Waals surface area (Å²) in [5, 5.41) is 0. The molecule has 2 aliphatic carbocycles. The van der Waals surface area contributed by atoms with Crippen LogP contribution in [0, 0.1) is 30.6 Å². The normalized spacial score (nSPS) is 29.5. The van der Waals surface area contributed by atoms with Gasteiger partial charge in [0.15, 0.2) is 0 Å². The second kappa shape index (κ2) is 8.65. The Labute approximate surface area is 139 Å². The molecule has 0 aromatic heterocycles. The van der Waals surface area contributed by atoms with E-state index in [1.54, 1.807) is 0 Å². The van der Waals surface area contributed by atoms with E-state index in [4.69, 9.17) is 0 Å². The molecule has 0 saturated heterocycles. The molecule has 3 unspecified atom stereocenters. The molecule has 1 heteroatoms. The van der Waals surface area contributed by atoms with Crippen LogP contribution >= 0.6 is 0 Å². The molecule has 20 heavy (non-hydrogen) atoms. The fraction of sp³-hybridized carbons (Fsp3) is 0.368. The molecule has 2 aliphatic rings. The average molecular weight is 300 g/mol. The van der Waals surface area contributed by atoms with Crippen LogP contribution in [0.15, 0.2) is 60.7 Å². The summed E-state index contributed by atoms with van der Waals surface area (Å²) in [7, 11) is 0. The topological polar surface area (TPSA) is 0 Å². The molecule has 4 rings (SSSR count). The van der Waals surface area contributed by atoms with Gasteiger partial charge < -0.3 is 13.3 Å². The van der Waals surface area contributed by atoms with Gasteiger partial charge in [-0.2, -0.15) is 41.8 Å². The van der Waals surface area contributed by atoms with Gasteiger partial charge in [-0.15, -0.1) is 0 Å². The second-order valence-corrected chi connectivity index (χ2v) is 5.91. The smallest absolute Gasteiger partial charge is 0.369 e. The molecular formula is C19H24Ti. The zero-order chi connectivity index (χ0) is 13.6. The van der Waals surface area contributed by atoms with Crippen molar-refractivity contribution in [1.82, 2.24) is 0 Å². The maximum atomic E-state index is 4.11. The summed E-state index contributed by atoms with van der Waals surface area (Å²) < 4.78 is 0. The van der Waals surface area contributed by atoms with Crippen molar-refractivity contribution in [3.05, 3.63) is 74.0 Å². The molecule has 3 atom stereocenters. The van der Waals surface area contributed by atoms with Crippen LogP contribution in [0.4, 0.5) is 0 Å². The van der Waals surface area contributed by atoms with E-state index in [1.165, 1.54) is 19.3 Å². The summed E-state index contributed by atoms with van der Waals surface area (Å²) in [4.78, 5) is 0. The molecule has 2 saturated carbocycles. The summed E-state index contributed by atoms with van der Waals surface area (Å²) >= 11 is 0. The number of fused-ring (bicyclic) bond motifs is 2. The van der Waals surface area contributed by atoms with Crippen LogP contribution in [0.3, 0.4) is 0 Å². The van der Waals surface area contributed by atoms with Gasteiger partial charge in [0, 0.05) is 0 Å². The number of hydrogen-bond acceptors (Lipinski definition) is 0. The molecule has 0 radical (unpaired) electrons. The maximum Gasteiger partial charge on any atom is 4.00 e. The molecule has 0 N–H and O–H groups in total. The van der Waals surface area contributed by atoms with E-state index >= 15 is 0 Å². The Kier molecular flexibility index (Phi) is 7.55. The van der Waals surface area contributed by atoms with Gasteiger partial charge in [-0.1, -0.05) is 32.1 Å². The van der Waals surface area contributed by atoms with Crippen molar-refractivity contribution in [3.63, 3.8) is 0 Å². The molecule has 2 aromatic rings. The summed E-state index contributed by atoms with van der Waals surface area (Å²) in [5.74, 6) is 1.61. The van der Waals surface area contributed by atoms with E-state index < -0.39 is 0 Å². The Balaban J connectivity index is 0.000000158. The minimum absolute atomic E-state index is 0. The maximum absolute atomic E-state index is 4.11. The van der Waals surface area contributed by atoms with Gasteiger partial charge in [0.25, 0.3) is 0 Å². The first-order valence-electron chi connectivity index (χ1n) is 7.22. The quantitative estimate of drug-likeness (QED) is 0.459. The van der Waals surface area contributed by atoms with Crippen LogP contribution in [0.5, 0.6) is 0 Å². The summed E-state index contributed by atoms with van der Waals surface area (Å²) in [6.45, 7) is 6.48. The van der Waals surface area contributed by atoms with Gasteiger partial charge in [0.05, 0.1) is 0 Å². The zero-order valence-electron chi connectivity index (χ0n) is 12.3. The standard InChI is InChI=1S/C9H14.2C5H5.Ti/c1-7-5-9(2)4-3-8(7)6-9;2*1-2-4-5-3-1;/h5,7-8H,1,3-4,6H2,2H3;2*1-5H;/q-2;2*-1;+4. The van der Waals surface area contributed by atoms with Gasteiger partial charge >= 0.3 is 21.7 Å². The van der Waals surface area contributed by atoms with E-state index in [0.717, 1.165) is 5.92 Å². The van der Waals surface area contributed by atoms with Crippen LogP contribution in [0.25, 0.3) is 0 Å². The van der Waals surface area contributed by atoms with Gasteiger partial charge in [0.2, 0.25) is 0 Å². The van der Waals surface area contributed by atoms with Crippen molar-refractivity contribution in [1.29, 1.82) is 0 Å². The van der Waals surface area contributed by atoms with Gasteiger partial charge in [0.1, 0.15) is 0 Å². The first kappa shape index (κ1) is 17.5. The third-order valence-corrected chi connectivity index (χ3v) is 4.15. The van der Waals surface area contributed by atoms with Crippen LogP contribution < -0.4 is 0 Å². The molecule has 2 fully saturated rings. The van der Waals surface area contributed by atoms with Crippen molar-refractivity contribution in [2.45, 2.75) is 26.2 Å². The molecule has 104 valence electrons. The Morgan fingerprint density at radius 2 is 1.50 bits per heavy atom. The second-order valence-electron chi connectivity index (χ2n) is 5.91. The Hall–Kier alpha value is -0.586. The van der Waals surface area contributed by atoms with Gasteiger partial charge in [-0.25, -0.2) is 24.3 Å². The van der Waals surface area contributed by atoms with E-state index in [2.05, 4.69) is 20.3 Å². The molecule has 0 nitrogen and oxygen atoms in total. The minimum Gasteiger partial charge on any atom is -0.369 e. The van der Waals surface area contributed by atoms with E-state index in [-0.39, 0.29) is 21.7 Å². The Morgan fingerprint density at radius 1 is 1.00 bits per heavy atom. The van der Waals surface area contributed by atoms with Gasteiger partial charge in [-0.05, 0) is 0 Å².